The molecule has 0 spiro atoms. The third-order valence-electron chi connectivity index (χ3n) is 5.38. The second-order valence-electron chi connectivity index (χ2n) is 7.58. The molecule has 144 valence electrons. The second kappa shape index (κ2) is 7.50. The van der Waals surface area contributed by atoms with Crippen molar-refractivity contribution in [2.24, 2.45) is 11.8 Å². The van der Waals surface area contributed by atoms with Crippen LogP contribution in [0.1, 0.15) is 53.8 Å². The number of hydrogen-bond acceptors (Lipinski definition) is 4. The molecule has 1 atom stereocenters. The van der Waals surface area contributed by atoms with Gasteiger partial charge in [0.1, 0.15) is 6.04 Å². The van der Waals surface area contributed by atoms with Crippen LogP contribution in [-0.2, 0) is 9.59 Å². The number of likely N-dealkylation sites (tertiary alicyclic amines) is 1. The van der Waals surface area contributed by atoms with Crippen LogP contribution in [0.4, 0.5) is 0 Å². The third kappa shape index (κ3) is 3.59. The van der Waals surface area contributed by atoms with Crippen molar-refractivity contribution in [3.63, 3.8) is 0 Å². The van der Waals surface area contributed by atoms with Gasteiger partial charge in [-0.05, 0) is 36.8 Å². The number of fused-ring (bicyclic) bond motifs is 1. The third-order valence-corrected chi connectivity index (χ3v) is 5.38. The Labute approximate surface area is 157 Å². The van der Waals surface area contributed by atoms with E-state index in [0.717, 1.165) is 4.90 Å². The molecule has 0 radical (unpaired) electrons. The Kier molecular flexibility index (Phi) is 5.30. The topological polar surface area (TPSA) is 95.0 Å². The maximum Gasteiger partial charge on any atom is 0.303 e. The minimum atomic E-state index is -0.853. The van der Waals surface area contributed by atoms with Gasteiger partial charge in [-0.1, -0.05) is 26.0 Å². The van der Waals surface area contributed by atoms with Crippen molar-refractivity contribution in [2.45, 2.75) is 39.2 Å². The zero-order valence-corrected chi connectivity index (χ0v) is 15.6. The van der Waals surface area contributed by atoms with Crippen LogP contribution in [0, 0.1) is 11.8 Å². The molecule has 1 aromatic carbocycles. The highest BCUT2D eigenvalue weighted by Gasteiger charge is 2.45. The van der Waals surface area contributed by atoms with E-state index in [4.69, 9.17) is 5.11 Å². The fourth-order valence-corrected chi connectivity index (χ4v) is 3.95. The fourth-order valence-electron chi connectivity index (χ4n) is 3.95. The Morgan fingerprint density at radius 1 is 1.07 bits per heavy atom. The largest absolute Gasteiger partial charge is 0.481 e. The normalized spacial score (nSPS) is 18.8. The number of amides is 3. The number of aliphatic carboxylic acids is 1. The smallest absolute Gasteiger partial charge is 0.303 e. The molecule has 0 aliphatic carbocycles. The molecule has 1 aromatic rings. The molecule has 2 aliphatic heterocycles. The van der Waals surface area contributed by atoms with E-state index in [1.807, 2.05) is 13.8 Å². The maximum atomic E-state index is 13.2. The molecule has 0 bridgehead atoms. The SMILES string of the molecule is CC(C)C(C(=O)N1CCC(CC(=O)O)CC1)N1C(=O)c2ccccc2C1=O. The van der Waals surface area contributed by atoms with E-state index in [-0.39, 0.29) is 24.2 Å². The Bertz CT molecular complexity index is 745. The predicted molar refractivity (Wildman–Crippen MR) is 97.1 cm³/mol. The zero-order valence-electron chi connectivity index (χ0n) is 15.6. The minimum Gasteiger partial charge on any atom is -0.481 e. The lowest BCUT2D eigenvalue weighted by molar-refractivity contribution is -0.140. The van der Waals surface area contributed by atoms with E-state index >= 15 is 0 Å². The van der Waals surface area contributed by atoms with Gasteiger partial charge in [0.05, 0.1) is 11.1 Å². The van der Waals surface area contributed by atoms with Crippen LogP contribution < -0.4 is 0 Å². The van der Waals surface area contributed by atoms with Crippen LogP contribution in [0.25, 0.3) is 0 Å². The molecule has 1 fully saturated rings. The number of carbonyl (C=O) groups is 4. The summed E-state index contributed by atoms with van der Waals surface area (Å²) in [5, 5.41) is 8.93. The summed E-state index contributed by atoms with van der Waals surface area (Å²) in [4.78, 5) is 52.4. The van der Waals surface area contributed by atoms with Gasteiger partial charge in [-0.3, -0.25) is 24.1 Å². The number of rotatable bonds is 5. The minimum absolute atomic E-state index is 0.0587. The van der Waals surface area contributed by atoms with Gasteiger partial charge < -0.3 is 10.0 Å². The standard InChI is InChI=1S/C20H24N2O5/c1-12(2)17(20(27)21-9-7-13(8-10-21)11-16(23)24)22-18(25)14-5-3-4-6-15(14)19(22)26/h3-6,12-13,17H,7-11H2,1-2H3,(H,23,24). The van der Waals surface area contributed by atoms with Crippen molar-refractivity contribution >= 4 is 23.7 Å². The molecule has 7 heteroatoms. The first-order valence-electron chi connectivity index (χ1n) is 9.28. The summed E-state index contributed by atoms with van der Waals surface area (Å²) in [5.41, 5.74) is 0.669. The molecule has 1 saturated heterocycles. The highest BCUT2D eigenvalue weighted by molar-refractivity contribution is 6.22. The number of carboxylic acids is 1. The number of imide groups is 1. The van der Waals surface area contributed by atoms with Crippen molar-refractivity contribution < 1.29 is 24.3 Å². The van der Waals surface area contributed by atoms with E-state index < -0.39 is 23.8 Å². The average Bonchev–Trinajstić information content (AvgIpc) is 2.87. The van der Waals surface area contributed by atoms with Gasteiger partial charge in [0.15, 0.2) is 0 Å². The second-order valence-corrected chi connectivity index (χ2v) is 7.58. The Morgan fingerprint density at radius 3 is 2.04 bits per heavy atom. The monoisotopic (exact) mass is 372 g/mol. The summed E-state index contributed by atoms with van der Waals surface area (Å²) in [5.74, 6) is -2.09. The molecular formula is C20H24N2O5. The van der Waals surface area contributed by atoms with E-state index in [0.29, 0.717) is 37.1 Å². The molecule has 0 aromatic heterocycles. The molecule has 7 nitrogen and oxygen atoms in total. The van der Waals surface area contributed by atoms with E-state index in [1.165, 1.54) is 0 Å². The van der Waals surface area contributed by atoms with Gasteiger partial charge in [0.2, 0.25) is 5.91 Å². The first-order valence-corrected chi connectivity index (χ1v) is 9.28. The van der Waals surface area contributed by atoms with Crippen molar-refractivity contribution in [1.29, 1.82) is 0 Å². The number of piperidine rings is 1. The van der Waals surface area contributed by atoms with Gasteiger partial charge >= 0.3 is 5.97 Å². The number of carbonyl (C=O) groups excluding carboxylic acids is 3. The van der Waals surface area contributed by atoms with E-state index in [2.05, 4.69) is 0 Å². The maximum absolute atomic E-state index is 13.2. The van der Waals surface area contributed by atoms with E-state index in [1.54, 1.807) is 29.2 Å². The summed E-state index contributed by atoms with van der Waals surface area (Å²) in [6, 6.07) is 5.76. The Balaban J connectivity index is 1.77. The summed E-state index contributed by atoms with van der Waals surface area (Å²) >= 11 is 0. The van der Waals surface area contributed by atoms with Gasteiger partial charge in [0.25, 0.3) is 11.8 Å². The van der Waals surface area contributed by atoms with E-state index in [9.17, 15) is 19.2 Å². The van der Waals surface area contributed by atoms with Gasteiger partial charge in [-0.2, -0.15) is 0 Å². The Morgan fingerprint density at radius 2 is 1.59 bits per heavy atom. The molecule has 0 saturated carbocycles. The highest BCUT2D eigenvalue weighted by Crippen LogP contribution is 2.29. The number of carboxylic acid groups (broad SMARTS) is 1. The lowest BCUT2D eigenvalue weighted by Gasteiger charge is -2.37. The molecule has 3 amide bonds. The van der Waals surface area contributed by atoms with Crippen LogP contribution in [0.15, 0.2) is 24.3 Å². The van der Waals surface area contributed by atoms with Crippen LogP contribution >= 0.6 is 0 Å². The van der Waals surface area contributed by atoms with Gasteiger partial charge in [-0.15, -0.1) is 0 Å². The average molecular weight is 372 g/mol. The molecule has 1 N–H and O–H groups in total. The number of nitrogens with zero attached hydrogens (tertiary/aromatic N) is 2. The van der Waals surface area contributed by atoms with Crippen LogP contribution in [0.3, 0.4) is 0 Å². The van der Waals surface area contributed by atoms with Crippen LogP contribution in [-0.4, -0.2) is 57.7 Å². The highest BCUT2D eigenvalue weighted by atomic mass is 16.4. The number of hydrogen-bond donors (Lipinski definition) is 1. The van der Waals surface area contributed by atoms with Gasteiger partial charge in [0, 0.05) is 19.5 Å². The molecule has 1 unspecified atom stereocenters. The zero-order chi connectivity index (χ0) is 19.7. The summed E-state index contributed by atoms with van der Waals surface area (Å²) in [6.07, 6.45) is 1.34. The predicted octanol–water partition coefficient (Wildman–Crippen LogP) is 2.02. The van der Waals surface area contributed by atoms with Crippen LogP contribution in [0.5, 0.6) is 0 Å². The first-order chi connectivity index (χ1) is 12.8. The molecule has 2 aliphatic rings. The Hall–Kier alpha value is -2.70. The number of benzene rings is 1. The summed E-state index contributed by atoms with van der Waals surface area (Å²) < 4.78 is 0. The van der Waals surface area contributed by atoms with Crippen molar-refractivity contribution in [3.05, 3.63) is 35.4 Å². The quantitative estimate of drug-likeness (QED) is 0.798. The summed E-state index contributed by atoms with van der Waals surface area (Å²) in [6.45, 7) is 4.54. The van der Waals surface area contributed by atoms with Gasteiger partial charge in [-0.25, -0.2) is 0 Å². The lowest BCUT2D eigenvalue weighted by Crippen LogP contribution is -2.54. The molecule has 2 heterocycles. The van der Waals surface area contributed by atoms with Crippen LogP contribution in [0.2, 0.25) is 0 Å². The molecule has 3 rings (SSSR count). The first kappa shape index (κ1) is 19.1. The fraction of sp³-hybridized carbons (Fsp3) is 0.500. The summed E-state index contributed by atoms with van der Waals surface area (Å²) in [7, 11) is 0. The lowest BCUT2D eigenvalue weighted by atomic mass is 9.92. The molecule has 27 heavy (non-hydrogen) atoms. The van der Waals surface area contributed by atoms with Crippen molar-refractivity contribution in [2.75, 3.05) is 13.1 Å². The van der Waals surface area contributed by atoms with Crippen molar-refractivity contribution in [3.8, 4) is 0 Å². The molecular weight excluding hydrogens is 348 g/mol. The van der Waals surface area contributed by atoms with Crippen molar-refractivity contribution in [1.82, 2.24) is 9.80 Å².